The lowest BCUT2D eigenvalue weighted by molar-refractivity contribution is 0.0798. The fraction of sp³-hybridized carbons (Fsp3) is 0.241. The Labute approximate surface area is 215 Å². The van der Waals surface area contributed by atoms with Crippen molar-refractivity contribution in [3.05, 3.63) is 77.6 Å². The van der Waals surface area contributed by atoms with E-state index >= 15 is 0 Å². The van der Waals surface area contributed by atoms with Gasteiger partial charge in [-0.1, -0.05) is 6.07 Å². The zero-order valence-electron chi connectivity index (χ0n) is 21.5. The molecule has 0 radical (unpaired) electrons. The summed E-state index contributed by atoms with van der Waals surface area (Å²) >= 11 is 0. The maximum absolute atomic E-state index is 14.2. The molecule has 8 heteroatoms. The molecule has 0 atom stereocenters. The Morgan fingerprint density at radius 3 is 2.30 bits per heavy atom. The summed E-state index contributed by atoms with van der Waals surface area (Å²) in [4.78, 5) is 19.9. The van der Waals surface area contributed by atoms with Crippen LogP contribution in [0.4, 0.5) is 4.39 Å². The van der Waals surface area contributed by atoms with Crippen LogP contribution in [0.5, 0.6) is 23.0 Å². The maximum atomic E-state index is 14.2. The number of ether oxygens (including phenoxy) is 4. The monoisotopic (exact) mass is 504 g/mol. The molecule has 0 fully saturated rings. The van der Waals surface area contributed by atoms with E-state index in [1.54, 1.807) is 64.7 Å². The molecule has 4 rings (SSSR count). The maximum Gasteiger partial charge on any atom is 0.254 e. The third kappa shape index (κ3) is 5.43. The summed E-state index contributed by atoms with van der Waals surface area (Å²) in [5.41, 5.74) is 3.08. The molecule has 192 valence electrons. The standard InChI is InChI=1S/C29H29FN2O5/c1-32(13-12-18-6-11-26(35-3)28(14-18)37-5)29(33)23-17-25(31-24-10-7-19(30)15-22(23)24)21-9-8-20(34-2)16-27(21)36-4/h6-11,14-17H,12-13H2,1-5H3. The van der Waals surface area contributed by atoms with E-state index in [1.807, 2.05) is 24.3 Å². The lowest BCUT2D eigenvalue weighted by Crippen LogP contribution is -2.29. The molecule has 1 heterocycles. The summed E-state index contributed by atoms with van der Waals surface area (Å²) in [6.07, 6.45) is 0.596. The van der Waals surface area contributed by atoms with E-state index in [-0.39, 0.29) is 5.91 Å². The number of likely N-dealkylation sites (N-methyl/N-ethyl adjacent to an activating group) is 1. The third-order valence-electron chi connectivity index (χ3n) is 6.22. The van der Waals surface area contributed by atoms with Gasteiger partial charge in [-0.25, -0.2) is 9.37 Å². The number of nitrogens with zero attached hydrogens (tertiary/aromatic N) is 2. The number of halogens is 1. The normalized spacial score (nSPS) is 10.8. The van der Waals surface area contributed by atoms with Crippen molar-refractivity contribution in [1.82, 2.24) is 9.88 Å². The van der Waals surface area contributed by atoms with Crippen molar-refractivity contribution in [3.63, 3.8) is 0 Å². The van der Waals surface area contributed by atoms with Crippen molar-refractivity contribution in [1.29, 1.82) is 0 Å². The van der Waals surface area contributed by atoms with Crippen LogP contribution in [-0.4, -0.2) is 57.8 Å². The van der Waals surface area contributed by atoms with Crippen molar-refractivity contribution in [2.45, 2.75) is 6.42 Å². The Bertz CT molecular complexity index is 1440. The number of methoxy groups -OCH3 is 4. The van der Waals surface area contributed by atoms with E-state index in [9.17, 15) is 9.18 Å². The van der Waals surface area contributed by atoms with Gasteiger partial charge in [0.2, 0.25) is 0 Å². The smallest absolute Gasteiger partial charge is 0.254 e. The molecule has 0 unspecified atom stereocenters. The fourth-order valence-electron chi connectivity index (χ4n) is 4.16. The molecule has 0 spiro atoms. The van der Waals surface area contributed by atoms with Crippen molar-refractivity contribution in [2.24, 2.45) is 0 Å². The molecule has 0 saturated carbocycles. The van der Waals surface area contributed by atoms with Crippen LogP contribution in [0.1, 0.15) is 15.9 Å². The summed E-state index contributed by atoms with van der Waals surface area (Å²) in [6.45, 7) is 0.439. The average molecular weight is 505 g/mol. The van der Waals surface area contributed by atoms with Gasteiger partial charge in [0.1, 0.15) is 17.3 Å². The number of carbonyl (C=O) groups excluding carboxylic acids is 1. The highest BCUT2D eigenvalue weighted by atomic mass is 19.1. The highest BCUT2D eigenvalue weighted by Crippen LogP contribution is 2.35. The van der Waals surface area contributed by atoms with E-state index in [4.69, 9.17) is 23.9 Å². The molecular weight excluding hydrogens is 475 g/mol. The molecule has 0 aliphatic heterocycles. The molecule has 4 aromatic rings. The minimum Gasteiger partial charge on any atom is -0.497 e. The number of hydrogen-bond donors (Lipinski definition) is 0. The third-order valence-corrected chi connectivity index (χ3v) is 6.22. The summed E-state index contributed by atoms with van der Waals surface area (Å²) in [5.74, 6) is 1.77. The first-order chi connectivity index (χ1) is 17.9. The van der Waals surface area contributed by atoms with E-state index in [0.717, 1.165) is 5.56 Å². The second-order valence-electron chi connectivity index (χ2n) is 8.45. The number of carbonyl (C=O) groups is 1. The molecule has 3 aromatic carbocycles. The quantitative estimate of drug-likeness (QED) is 0.304. The molecule has 7 nitrogen and oxygen atoms in total. The number of hydrogen-bond acceptors (Lipinski definition) is 6. The van der Waals surface area contributed by atoms with Crippen LogP contribution in [0.25, 0.3) is 22.2 Å². The van der Waals surface area contributed by atoms with Crippen LogP contribution in [0.2, 0.25) is 0 Å². The summed E-state index contributed by atoms with van der Waals surface area (Å²) in [6, 6.07) is 17.0. The SMILES string of the molecule is COc1ccc(-c2cc(C(=O)N(C)CCc3ccc(OC)c(OC)c3)c3cc(F)ccc3n2)c(OC)c1. The molecule has 0 saturated heterocycles. The van der Waals surface area contributed by atoms with Crippen LogP contribution in [0.15, 0.2) is 60.7 Å². The number of aromatic nitrogens is 1. The van der Waals surface area contributed by atoms with E-state index in [2.05, 4.69) is 0 Å². The predicted molar refractivity (Wildman–Crippen MR) is 140 cm³/mol. The van der Waals surface area contributed by atoms with Gasteiger partial charge in [-0.2, -0.15) is 0 Å². The fourth-order valence-corrected chi connectivity index (χ4v) is 4.16. The Balaban J connectivity index is 1.69. The van der Waals surface area contributed by atoms with Crippen LogP contribution in [0, 0.1) is 5.82 Å². The molecular formula is C29H29FN2O5. The lowest BCUT2D eigenvalue weighted by atomic mass is 10.0. The molecule has 1 aromatic heterocycles. The number of rotatable bonds is 9. The van der Waals surface area contributed by atoms with Gasteiger partial charge in [-0.3, -0.25) is 4.79 Å². The van der Waals surface area contributed by atoms with Gasteiger partial charge in [0, 0.05) is 30.6 Å². The lowest BCUT2D eigenvalue weighted by Gasteiger charge is -2.20. The summed E-state index contributed by atoms with van der Waals surface area (Å²) in [5, 5.41) is 0.444. The first-order valence-corrected chi connectivity index (χ1v) is 11.7. The van der Waals surface area contributed by atoms with Gasteiger partial charge in [0.15, 0.2) is 11.5 Å². The van der Waals surface area contributed by atoms with Gasteiger partial charge in [0.25, 0.3) is 5.91 Å². The van der Waals surface area contributed by atoms with Crippen LogP contribution in [-0.2, 0) is 6.42 Å². The molecule has 37 heavy (non-hydrogen) atoms. The Morgan fingerprint density at radius 2 is 1.59 bits per heavy atom. The minimum atomic E-state index is -0.439. The highest BCUT2D eigenvalue weighted by Gasteiger charge is 2.20. The van der Waals surface area contributed by atoms with Gasteiger partial charge in [-0.15, -0.1) is 0 Å². The second-order valence-corrected chi connectivity index (χ2v) is 8.45. The summed E-state index contributed by atoms with van der Waals surface area (Å²) in [7, 11) is 8.03. The topological polar surface area (TPSA) is 70.1 Å². The Kier molecular flexibility index (Phi) is 7.77. The molecule has 0 N–H and O–H groups in total. The van der Waals surface area contributed by atoms with Crippen molar-refractivity contribution in [2.75, 3.05) is 42.0 Å². The minimum absolute atomic E-state index is 0.243. The molecule has 1 amide bonds. The number of fused-ring (bicyclic) bond motifs is 1. The number of amides is 1. The Hall–Kier alpha value is -4.33. The van der Waals surface area contributed by atoms with Gasteiger partial charge < -0.3 is 23.8 Å². The molecule has 0 bridgehead atoms. The second kappa shape index (κ2) is 11.2. The van der Waals surface area contributed by atoms with Crippen LogP contribution >= 0.6 is 0 Å². The number of benzene rings is 3. The van der Waals surface area contributed by atoms with E-state index in [0.29, 0.717) is 63.7 Å². The van der Waals surface area contributed by atoms with Gasteiger partial charge in [0.05, 0.1) is 45.2 Å². The van der Waals surface area contributed by atoms with Gasteiger partial charge >= 0.3 is 0 Å². The molecule has 0 aliphatic carbocycles. The first kappa shape index (κ1) is 25.8. The largest absolute Gasteiger partial charge is 0.497 e. The zero-order chi connectivity index (χ0) is 26.5. The van der Waals surface area contributed by atoms with Gasteiger partial charge in [-0.05, 0) is 60.5 Å². The number of pyridine rings is 1. The average Bonchev–Trinajstić information content (AvgIpc) is 2.94. The van der Waals surface area contributed by atoms with E-state index in [1.165, 1.54) is 12.1 Å². The summed E-state index contributed by atoms with van der Waals surface area (Å²) < 4.78 is 35.7. The highest BCUT2D eigenvalue weighted by molar-refractivity contribution is 6.07. The van der Waals surface area contributed by atoms with Crippen LogP contribution in [0.3, 0.4) is 0 Å². The Morgan fingerprint density at radius 1 is 0.838 bits per heavy atom. The van der Waals surface area contributed by atoms with Crippen LogP contribution < -0.4 is 18.9 Å². The van der Waals surface area contributed by atoms with Crippen molar-refractivity contribution < 1.29 is 28.1 Å². The predicted octanol–water partition coefficient (Wildman–Crippen LogP) is 5.39. The van der Waals surface area contributed by atoms with Crippen molar-refractivity contribution in [3.8, 4) is 34.3 Å². The first-order valence-electron chi connectivity index (χ1n) is 11.7. The van der Waals surface area contributed by atoms with E-state index < -0.39 is 5.82 Å². The van der Waals surface area contributed by atoms with Crippen molar-refractivity contribution >= 4 is 16.8 Å². The molecule has 0 aliphatic rings. The zero-order valence-corrected chi connectivity index (χ0v) is 21.5.